The minimum Gasteiger partial charge on any atom is -0.387 e. The summed E-state index contributed by atoms with van der Waals surface area (Å²) < 4.78 is 6.91. The SMILES string of the molecule is CC(OC(C)(C1CCCCC1)C1(O)CCCCC1)C1CCCCC1. The third-order valence-electron chi connectivity index (χ3n) is 7.73. The predicted octanol–water partition coefficient (Wildman–Crippen LogP) is 6.01. The van der Waals surface area contributed by atoms with Crippen LogP contribution in [-0.4, -0.2) is 22.4 Å². The molecule has 3 rings (SSSR count). The van der Waals surface area contributed by atoms with Gasteiger partial charge in [-0.15, -0.1) is 0 Å². The predicted molar refractivity (Wildman–Crippen MR) is 100 cm³/mol. The standard InChI is InChI=1S/C22H40O2/c1-18(19-12-6-3-7-13-19)24-21(2,20-14-8-4-9-15-20)22(23)16-10-5-11-17-22/h18-20,23H,3-17H2,1-2H3. The summed E-state index contributed by atoms with van der Waals surface area (Å²) in [5.41, 5.74) is -0.944. The van der Waals surface area contributed by atoms with E-state index in [-0.39, 0.29) is 5.60 Å². The molecule has 3 aliphatic rings. The van der Waals surface area contributed by atoms with E-state index in [2.05, 4.69) is 13.8 Å². The minimum atomic E-state index is -0.601. The largest absolute Gasteiger partial charge is 0.387 e. The van der Waals surface area contributed by atoms with Crippen LogP contribution in [0.1, 0.15) is 110 Å². The van der Waals surface area contributed by atoms with Gasteiger partial charge in [-0.1, -0.05) is 57.8 Å². The fraction of sp³-hybridized carbons (Fsp3) is 1.00. The van der Waals surface area contributed by atoms with E-state index >= 15 is 0 Å². The van der Waals surface area contributed by atoms with Crippen LogP contribution in [-0.2, 0) is 4.74 Å². The fourth-order valence-electron chi connectivity index (χ4n) is 5.96. The molecule has 2 nitrogen and oxygen atoms in total. The number of ether oxygens (including phenoxy) is 1. The third kappa shape index (κ3) is 3.85. The quantitative estimate of drug-likeness (QED) is 0.666. The number of rotatable bonds is 5. The Labute approximate surface area is 149 Å². The van der Waals surface area contributed by atoms with Crippen molar-refractivity contribution in [3.63, 3.8) is 0 Å². The molecular formula is C22H40O2. The van der Waals surface area contributed by atoms with Crippen LogP contribution in [0.5, 0.6) is 0 Å². The molecule has 140 valence electrons. The minimum absolute atomic E-state index is 0.295. The summed E-state index contributed by atoms with van der Waals surface area (Å²) in [6.45, 7) is 4.58. The van der Waals surface area contributed by atoms with Gasteiger partial charge < -0.3 is 9.84 Å². The second-order valence-corrected chi connectivity index (χ2v) is 9.26. The number of hydrogen-bond acceptors (Lipinski definition) is 2. The Balaban J connectivity index is 1.77. The first kappa shape index (κ1) is 18.7. The Morgan fingerprint density at radius 2 is 1.33 bits per heavy atom. The maximum Gasteiger partial charge on any atom is 0.0971 e. The van der Waals surface area contributed by atoms with Crippen molar-refractivity contribution in [1.82, 2.24) is 0 Å². The van der Waals surface area contributed by atoms with Gasteiger partial charge in [0.05, 0.1) is 17.3 Å². The third-order valence-corrected chi connectivity index (χ3v) is 7.73. The zero-order valence-corrected chi connectivity index (χ0v) is 16.2. The highest BCUT2D eigenvalue weighted by molar-refractivity contribution is 5.04. The lowest BCUT2D eigenvalue weighted by molar-refractivity contribution is -0.244. The number of hydrogen-bond donors (Lipinski definition) is 1. The second kappa shape index (κ2) is 8.08. The Bertz CT molecular complexity index is 375. The molecule has 0 aromatic carbocycles. The first-order valence-electron chi connectivity index (χ1n) is 11.0. The van der Waals surface area contributed by atoms with Crippen molar-refractivity contribution >= 4 is 0 Å². The summed E-state index contributed by atoms with van der Waals surface area (Å²) in [4.78, 5) is 0. The van der Waals surface area contributed by atoms with Gasteiger partial charge in [0.1, 0.15) is 0 Å². The van der Waals surface area contributed by atoms with Gasteiger partial charge in [0.2, 0.25) is 0 Å². The molecule has 24 heavy (non-hydrogen) atoms. The highest BCUT2D eigenvalue weighted by atomic mass is 16.5. The lowest BCUT2D eigenvalue weighted by Gasteiger charge is -2.53. The summed E-state index contributed by atoms with van der Waals surface area (Å²) in [6, 6.07) is 0. The second-order valence-electron chi connectivity index (χ2n) is 9.26. The van der Waals surface area contributed by atoms with E-state index in [0.29, 0.717) is 17.9 Å². The molecule has 0 bridgehead atoms. The molecular weight excluding hydrogens is 296 g/mol. The van der Waals surface area contributed by atoms with Crippen LogP contribution >= 0.6 is 0 Å². The Hall–Kier alpha value is -0.0800. The summed E-state index contributed by atoms with van der Waals surface area (Å²) in [7, 11) is 0. The molecule has 3 aliphatic carbocycles. The fourth-order valence-corrected chi connectivity index (χ4v) is 5.96. The molecule has 0 aromatic heterocycles. The van der Waals surface area contributed by atoms with E-state index in [4.69, 9.17) is 4.74 Å². The van der Waals surface area contributed by atoms with Gasteiger partial charge in [0.25, 0.3) is 0 Å². The average Bonchev–Trinajstić information content (AvgIpc) is 2.63. The Morgan fingerprint density at radius 1 is 0.833 bits per heavy atom. The average molecular weight is 337 g/mol. The van der Waals surface area contributed by atoms with Gasteiger partial charge >= 0.3 is 0 Å². The maximum absolute atomic E-state index is 11.7. The summed E-state index contributed by atoms with van der Waals surface area (Å²) in [5, 5.41) is 11.7. The molecule has 0 amide bonds. The monoisotopic (exact) mass is 336 g/mol. The number of aliphatic hydroxyl groups is 1. The molecule has 0 saturated heterocycles. The molecule has 0 radical (unpaired) electrons. The van der Waals surface area contributed by atoms with Gasteiger partial charge in [-0.3, -0.25) is 0 Å². The summed E-state index contributed by atoms with van der Waals surface area (Å²) >= 11 is 0. The smallest absolute Gasteiger partial charge is 0.0971 e. The van der Waals surface area contributed by atoms with E-state index in [1.54, 1.807) is 0 Å². The molecule has 3 saturated carbocycles. The van der Waals surface area contributed by atoms with Crippen LogP contribution in [0.25, 0.3) is 0 Å². The van der Waals surface area contributed by atoms with Crippen molar-refractivity contribution in [3.05, 3.63) is 0 Å². The molecule has 3 fully saturated rings. The molecule has 2 heteroatoms. The van der Waals surface area contributed by atoms with Crippen molar-refractivity contribution in [2.75, 3.05) is 0 Å². The molecule has 0 aliphatic heterocycles. The molecule has 2 unspecified atom stereocenters. The highest BCUT2D eigenvalue weighted by Crippen LogP contribution is 2.49. The van der Waals surface area contributed by atoms with E-state index in [1.165, 1.54) is 83.5 Å². The van der Waals surface area contributed by atoms with Crippen LogP contribution in [0.3, 0.4) is 0 Å². The zero-order valence-electron chi connectivity index (χ0n) is 16.2. The highest BCUT2D eigenvalue weighted by Gasteiger charge is 2.53. The van der Waals surface area contributed by atoms with E-state index in [1.807, 2.05) is 0 Å². The lowest BCUT2D eigenvalue weighted by Crippen LogP contribution is -2.61. The van der Waals surface area contributed by atoms with E-state index < -0.39 is 5.60 Å². The summed E-state index contributed by atoms with van der Waals surface area (Å²) in [6.07, 6.45) is 19.0. The van der Waals surface area contributed by atoms with Gasteiger partial charge in [0.15, 0.2) is 0 Å². The van der Waals surface area contributed by atoms with E-state index in [0.717, 1.165) is 12.8 Å². The molecule has 1 N–H and O–H groups in total. The lowest BCUT2D eigenvalue weighted by atomic mass is 9.64. The van der Waals surface area contributed by atoms with Crippen molar-refractivity contribution in [2.24, 2.45) is 11.8 Å². The first-order valence-corrected chi connectivity index (χ1v) is 11.0. The van der Waals surface area contributed by atoms with Gasteiger partial charge in [-0.2, -0.15) is 0 Å². The normalized spacial score (nSPS) is 30.6. The first-order chi connectivity index (χ1) is 11.6. The van der Waals surface area contributed by atoms with Crippen molar-refractivity contribution in [2.45, 2.75) is 127 Å². The summed E-state index contributed by atoms with van der Waals surface area (Å²) in [5.74, 6) is 1.24. The molecule has 0 heterocycles. The Kier molecular flexibility index (Phi) is 6.30. The Morgan fingerprint density at radius 3 is 1.92 bits per heavy atom. The van der Waals surface area contributed by atoms with Crippen LogP contribution in [0.4, 0.5) is 0 Å². The molecule has 2 atom stereocenters. The van der Waals surface area contributed by atoms with Crippen molar-refractivity contribution in [1.29, 1.82) is 0 Å². The van der Waals surface area contributed by atoms with Crippen molar-refractivity contribution in [3.8, 4) is 0 Å². The van der Waals surface area contributed by atoms with Gasteiger partial charge in [-0.25, -0.2) is 0 Å². The topological polar surface area (TPSA) is 29.5 Å². The molecule has 0 aromatic rings. The van der Waals surface area contributed by atoms with Crippen LogP contribution in [0, 0.1) is 11.8 Å². The van der Waals surface area contributed by atoms with Crippen LogP contribution in [0.2, 0.25) is 0 Å². The van der Waals surface area contributed by atoms with Gasteiger partial charge in [-0.05, 0) is 64.2 Å². The van der Waals surface area contributed by atoms with Crippen molar-refractivity contribution < 1.29 is 9.84 Å². The van der Waals surface area contributed by atoms with Crippen LogP contribution < -0.4 is 0 Å². The van der Waals surface area contributed by atoms with E-state index in [9.17, 15) is 5.11 Å². The molecule has 0 spiro atoms. The maximum atomic E-state index is 11.7. The van der Waals surface area contributed by atoms with Gasteiger partial charge in [0, 0.05) is 0 Å². The van der Waals surface area contributed by atoms with Crippen LogP contribution in [0.15, 0.2) is 0 Å². The zero-order chi connectivity index (χ0) is 17.0.